The second-order valence-electron chi connectivity index (χ2n) is 3.20. The zero-order valence-corrected chi connectivity index (χ0v) is 11.2. The van der Waals surface area contributed by atoms with E-state index in [-0.39, 0.29) is 6.61 Å². The van der Waals surface area contributed by atoms with Gasteiger partial charge in [-0.25, -0.2) is 4.79 Å². The van der Waals surface area contributed by atoms with E-state index in [1.165, 1.54) is 13.2 Å². The van der Waals surface area contributed by atoms with Crippen molar-refractivity contribution in [3.63, 3.8) is 0 Å². The fraction of sp³-hybridized carbons (Fsp3) is 0.154. The largest absolute Gasteiger partial charge is 0.493 e. The van der Waals surface area contributed by atoms with Crippen molar-refractivity contribution < 1.29 is 19.4 Å². The van der Waals surface area contributed by atoms with Crippen molar-refractivity contribution in [1.29, 1.82) is 0 Å². The van der Waals surface area contributed by atoms with Gasteiger partial charge in [0.25, 0.3) is 0 Å². The fourth-order valence-corrected chi connectivity index (χ4v) is 1.83. The van der Waals surface area contributed by atoms with E-state index >= 15 is 0 Å². The van der Waals surface area contributed by atoms with Crippen LogP contribution >= 0.6 is 15.9 Å². The molecule has 1 aromatic rings. The maximum absolute atomic E-state index is 10.4. The Kier molecular flexibility index (Phi) is 5.28. The number of rotatable bonds is 5. The summed E-state index contributed by atoms with van der Waals surface area (Å²) in [6.07, 6.45) is 7.63. The third-order valence-electron chi connectivity index (χ3n) is 1.97. The van der Waals surface area contributed by atoms with E-state index in [9.17, 15) is 4.79 Å². The van der Waals surface area contributed by atoms with Crippen molar-refractivity contribution in [2.24, 2.45) is 0 Å². The van der Waals surface area contributed by atoms with Crippen LogP contribution in [0, 0.1) is 12.3 Å². The molecule has 0 radical (unpaired) electrons. The van der Waals surface area contributed by atoms with Crippen LogP contribution < -0.4 is 9.47 Å². The summed E-state index contributed by atoms with van der Waals surface area (Å²) in [5.41, 5.74) is 0.675. The quantitative estimate of drug-likeness (QED) is 0.671. The number of hydrogen-bond acceptors (Lipinski definition) is 3. The average Bonchev–Trinajstić information content (AvgIpc) is 2.34. The van der Waals surface area contributed by atoms with E-state index in [1.54, 1.807) is 12.1 Å². The summed E-state index contributed by atoms with van der Waals surface area (Å²) in [5.74, 6) is 2.31. The Labute approximate surface area is 113 Å². The lowest BCUT2D eigenvalue weighted by atomic mass is 10.2. The molecular formula is C13H11BrO4. The van der Waals surface area contributed by atoms with Crippen LogP contribution in [0.2, 0.25) is 0 Å². The van der Waals surface area contributed by atoms with Crippen molar-refractivity contribution in [2.45, 2.75) is 0 Å². The van der Waals surface area contributed by atoms with Crippen LogP contribution in [0.1, 0.15) is 5.56 Å². The highest BCUT2D eigenvalue weighted by atomic mass is 79.9. The molecule has 4 nitrogen and oxygen atoms in total. The number of benzene rings is 1. The molecule has 0 unspecified atom stereocenters. The van der Waals surface area contributed by atoms with Crippen molar-refractivity contribution in [3.05, 3.63) is 28.2 Å². The summed E-state index contributed by atoms with van der Waals surface area (Å²) in [4.78, 5) is 10.4. The van der Waals surface area contributed by atoms with Crippen LogP contribution in [-0.4, -0.2) is 24.8 Å². The Balaban J connectivity index is 3.10. The van der Waals surface area contributed by atoms with Crippen molar-refractivity contribution >= 4 is 28.0 Å². The van der Waals surface area contributed by atoms with Gasteiger partial charge >= 0.3 is 5.97 Å². The summed E-state index contributed by atoms with van der Waals surface area (Å²) < 4.78 is 11.1. The van der Waals surface area contributed by atoms with Crippen LogP contribution in [0.4, 0.5) is 0 Å². The lowest BCUT2D eigenvalue weighted by Crippen LogP contribution is -1.98. The molecule has 0 saturated heterocycles. The molecule has 0 aliphatic rings. The van der Waals surface area contributed by atoms with Gasteiger partial charge in [0.05, 0.1) is 11.6 Å². The number of halogens is 1. The summed E-state index contributed by atoms with van der Waals surface area (Å²) >= 11 is 3.32. The molecule has 0 aliphatic carbocycles. The molecule has 0 spiro atoms. The molecular weight excluding hydrogens is 300 g/mol. The molecule has 0 aromatic heterocycles. The first kappa shape index (κ1) is 14.1. The highest BCUT2D eigenvalue weighted by molar-refractivity contribution is 9.10. The van der Waals surface area contributed by atoms with Crippen molar-refractivity contribution in [1.82, 2.24) is 0 Å². The van der Waals surface area contributed by atoms with Crippen LogP contribution in [0.25, 0.3) is 6.08 Å². The fourth-order valence-electron chi connectivity index (χ4n) is 1.26. The molecule has 0 saturated carbocycles. The van der Waals surface area contributed by atoms with E-state index in [1.807, 2.05) is 0 Å². The molecule has 0 heterocycles. The molecule has 1 N–H and O–H groups in total. The molecule has 0 fully saturated rings. The van der Waals surface area contributed by atoms with Gasteiger partial charge in [-0.3, -0.25) is 0 Å². The van der Waals surface area contributed by atoms with E-state index in [4.69, 9.17) is 21.0 Å². The van der Waals surface area contributed by atoms with Gasteiger partial charge in [0, 0.05) is 6.08 Å². The number of hydrogen-bond donors (Lipinski definition) is 1. The normalized spacial score (nSPS) is 10.1. The molecule has 18 heavy (non-hydrogen) atoms. The molecule has 0 bridgehead atoms. The third kappa shape index (κ3) is 3.82. The van der Waals surface area contributed by atoms with E-state index in [2.05, 4.69) is 21.9 Å². The summed E-state index contributed by atoms with van der Waals surface area (Å²) in [6.45, 7) is 0.124. The number of carbonyl (C=O) groups is 1. The first-order valence-electron chi connectivity index (χ1n) is 4.93. The van der Waals surface area contributed by atoms with Crippen LogP contribution in [0.15, 0.2) is 22.7 Å². The molecule has 1 aromatic carbocycles. The average molecular weight is 311 g/mol. The summed E-state index contributed by atoms with van der Waals surface area (Å²) in [6, 6.07) is 3.38. The van der Waals surface area contributed by atoms with Crippen LogP contribution in [0.5, 0.6) is 11.5 Å². The van der Waals surface area contributed by atoms with Crippen molar-refractivity contribution in [3.8, 4) is 23.8 Å². The van der Waals surface area contributed by atoms with Gasteiger partial charge < -0.3 is 14.6 Å². The Morgan fingerprint density at radius 3 is 2.89 bits per heavy atom. The van der Waals surface area contributed by atoms with E-state index < -0.39 is 5.97 Å². The predicted octanol–water partition coefficient (Wildman–Crippen LogP) is 2.57. The number of carboxylic acids is 1. The molecule has 0 aliphatic heterocycles. The van der Waals surface area contributed by atoms with Crippen molar-refractivity contribution in [2.75, 3.05) is 13.7 Å². The number of ether oxygens (including phenoxy) is 2. The number of terminal acetylenes is 1. The smallest absolute Gasteiger partial charge is 0.328 e. The molecule has 0 amide bonds. The second kappa shape index (κ2) is 6.72. The van der Waals surface area contributed by atoms with Gasteiger partial charge in [-0.15, -0.1) is 6.42 Å². The summed E-state index contributed by atoms with van der Waals surface area (Å²) in [5, 5.41) is 8.56. The van der Waals surface area contributed by atoms with E-state index in [0.29, 0.717) is 21.5 Å². The Morgan fingerprint density at radius 2 is 2.33 bits per heavy atom. The third-order valence-corrected chi connectivity index (χ3v) is 2.56. The standard InChI is InChI=1S/C13H11BrO4/c1-3-6-18-13-10(14)7-9(4-5-12(15)16)8-11(13)17-2/h1,4-5,7-8H,6H2,2H3,(H,15,16). The number of carboxylic acid groups (broad SMARTS) is 1. The highest BCUT2D eigenvalue weighted by Crippen LogP contribution is 2.36. The lowest BCUT2D eigenvalue weighted by molar-refractivity contribution is -0.131. The number of aliphatic carboxylic acids is 1. The predicted molar refractivity (Wildman–Crippen MR) is 71.7 cm³/mol. The molecule has 1 rings (SSSR count). The van der Waals surface area contributed by atoms with Crippen LogP contribution in [-0.2, 0) is 4.79 Å². The van der Waals surface area contributed by atoms with Gasteiger partial charge in [-0.05, 0) is 39.7 Å². The SMILES string of the molecule is C#CCOc1c(Br)cc(C=CC(=O)O)cc1OC. The first-order chi connectivity index (χ1) is 8.58. The lowest BCUT2D eigenvalue weighted by Gasteiger charge is -2.11. The minimum absolute atomic E-state index is 0.124. The van der Waals surface area contributed by atoms with E-state index in [0.717, 1.165) is 6.08 Å². The van der Waals surface area contributed by atoms with Crippen LogP contribution in [0.3, 0.4) is 0 Å². The van der Waals surface area contributed by atoms with Gasteiger partial charge in [0.2, 0.25) is 0 Å². The van der Waals surface area contributed by atoms with Gasteiger partial charge in [0.15, 0.2) is 11.5 Å². The monoisotopic (exact) mass is 310 g/mol. The second-order valence-corrected chi connectivity index (χ2v) is 4.05. The zero-order valence-electron chi connectivity index (χ0n) is 9.64. The molecule has 5 heteroatoms. The molecule has 94 valence electrons. The first-order valence-corrected chi connectivity index (χ1v) is 5.72. The maximum atomic E-state index is 10.4. The Hall–Kier alpha value is -1.93. The maximum Gasteiger partial charge on any atom is 0.328 e. The van der Waals surface area contributed by atoms with Gasteiger partial charge in [-0.1, -0.05) is 5.92 Å². The highest BCUT2D eigenvalue weighted by Gasteiger charge is 2.10. The molecule has 0 atom stereocenters. The minimum atomic E-state index is -1.02. The minimum Gasteiger partial charge on any atom is -0.493 e. The Bertz CT molecular complexity index is 514. The topological polar surface area (TPSA) is 55.8 Å². The number of methoxy groups -OCH3 is 1. The Morgan fingerprint density at radius 1 is 1.61 bits per heavy atom. The van der Waals surface area contributed by atoms with Gasteiger partial charge in [0.1, 0.15) is 6.61 Å². The zero-order chi connectivity index (χ0) is 13.5. The van der Waals surface area contributed by atoms with Gasteiger partial charge in [-0.2, -0.15) is 0 Å². The summed E-state index contributed by atoms with van der Waals surface area (Å²) in [7, 11) is 1.50.